The molecule has 1 saturated carbocycles. The van der Waals surface area contributed by atoms with E-state index in [0.717, 1.165) is 12.8 Å². The van der Waals surface area contributed by atoms with Crippen LogP contribution < -0.4 is 5.73 Å². The highest BCUT2D eigenvalue weighted by Gasteiger charge is 2.39. The molecule has 0 spiro atoms. The minimum Gasteiger partial charge on any atom is -0.334 e. The molecule has 104 valence electrons. The van der Waals surface area contributed by atoms with Gasteiger partial charge in [-0.2, -0.15) is 0 Å². The van der Waals surface area contributed by atoms with Crippen LogP contribution >= 0.6 is 0 Å². The molecule has 2 rings (SSSR count). The second kappa shape index (κ2) is 5.29. The van der Waals surface area contributed by atoms with Crippen molar-refractivity contribution in [1.82, 2.24) is 4.90 Å². The third kappa shape index (κ3) is 3.13. The van der Waals surface area contributed by atoms with Gasteiger partial charge in [-0.1, -0.05) is 25.1 Å². The highest BCUT2D eigenvalue weighted by Crippen LogP contribution is 2.31. The lowest BCUT2D eigenvalue weighted by atomic mass is 9.98. The number of rotatable bonds is 5. The average molecular weight is 264 g/mol. The Morgan fingerprint density at radius 2 is 2.11 bits per heavy atom. The van der Waals surface area contributed by atoms with Gasteiger partial charge in [-0.3, -0.25) is 4.79 Å². The smallest absolute Gasteiger partial charge is 0.242 e. The van der Waals surface area contributed by atoms with Crippen LogP contribution in [0.15, 0.2) is 24.3 Å². The summed E-state index contributed by atoms with van der Waals surface area (Å²) in [7, 11) is 0. The summed E-state index contributed by atoms with van der Waals surface area (Å²) in [5.41, 5.74) is 5.72. The topological polar surface area (TPSA) is 46.3 Å². The number of amides is 1. The molecule has 1 aromatic carbocycles. The lowest BCUT2D eigenvalue weighted by Gasteiger charge is -2.31. The zero-order valence-electron chi connectivity index (χ0n) is 11.5. The first-order chi connectivity index (χ1) is 8.95. The first kappa shape index (κ1) is 14.0. The zero-order valence-corrected chi connectivity index (χ0v) is 11.5. The molecule has 1 aromatic rings. The molecule has 0 heterocycles. The fraction of sp³-hybridized carbons (Fsp3) is 0.533. The molecule has 19 heavy (non-hydrogen) atoms. The van der Waals surface area contributed by atoms with Crippen LogP contribution in [-0.2, 0) is 11.3 Å². The third-order valence-corrected chi connectivity index (χ3v) is 3.77. The Bertz CT molecular complexity index is 469. The van der Waals surface area contributed by atoms with Crippen LogP contribution in [-0.4, -0.2) is 22.4 Å². The van der Waals surface area contributed by atoms with Crippen molar-refractivity contribution < 1.29 is 9.18 Å². The van der Waals surface area contributed by atoms with Crippen molar-refractivity contribution in [2.45, 2.75) is 51.2 Å². The summed E-state index contributed by atoms with van der Waals surface area (Å²) < 4.78 is 13.7. The average Bonchev–Trinajstić information content (AvgIpc) is 3.21. The normalized spacial score (nSPS) is 17.9. The summed E-state index contributed by atoms with van der Waals surface area (Å²) in [5, 5.41) is 0. The Hall–Kier alpha value is -1.42. The maximum Gasteiger partial charge on any atom is 0.242 e. The molecule has 0 saturated heterocycles. The summed E-state index contributed by atoms with van der Waals surface area (Å²) in [4.78, 5) is 14.2. The molecule has 1 amide bonds. The number of nitrogens with two attached hydrogens (primary N) is 1. The second-order valence-corrected chi connectivity index (χ2v) is 5.53. The van der Waals surface area contributed by atoms with Gasteiger partial charge in [0.25, 0.3) is 0 Å². The highest BCUT2D eigenvalue weighted by molar-refractivity contribution is 5.86. The predicted octanol–water partition coefficient (Wildman–Crippen LogP) is 2.44. The number of benzene rings is 1. The molecule has 0 aromatic heterocycles. The van der Waals surface area contributed by atoms with Gasteiger partial charge in [0.2, 0.25) is 5.91 Å². The van der Waals surface area contributed by atoms with Gasteiger partial charge in [-0.15, -0.1) is 0 Å². The Kier molecular flexibility index (Phi) is 3.90. The van der Waals surface area contributed by atoms with Crippen molar-refractivity contribution in [3.05, 3.63) is 35.6 Å². The van der Waals surface area contributed by atoms with Gasteiger partial charge < -0.3 is 10.6 Å². The number of hydrogen-bond acceptors (Lipinski definition) is 2. The minimum absolute atomic E-state index is 0.0826. The van der Waals surface area contributed by atoms with Crippen molar-refractivity contribution >= 4 is 5.91 Å². The van der Waals surface area contributed by atoms with Gasteiger partial charge in [-0.05, 0) is 32.3 Å². The van der Waals surface area contributed by atoms with E-state index in [2.05, 4.69) is 0 Å². The van der Waals surface area contributed by atoms with Crippen molar-refractivity contribution in [3.63, 3.8) is 0 Å². The lowest BCUT2D eigenvalue weighted by Crippen LogP contribution is -2.53. The standard InChI is InChI=1S/C15H21FN2O/c1-3-15(2,17)14(19)18(12-8-9-12)10-11-6-4-5-7-13(11)16/h4-7,12H,3,8-10,17H2,1-2H3. The first-order valence-corrected chi connectivity index (χ1v) is 6.79. The Morgan fingerprint density at radius 1 is 1.47 bits per heavy atom. The molecule has 0 radical (unpaired) electrons. The number of carbonyl (C=O) groups is 1. The van der Waals surface area contributed by atoms with E-state index in [-0.39, 0.29) is 17.8 Å². The number of halogens is 1. The molecule has 3 nitrogen and oxygen atoms in total. The largest absolute Gasteiger partial charge is 0.334 e. The van der Waals surface area contributed by atoms with E-state index in [0.29, 0.717) is 18.5 Å². The Balaban J connectivity index is 2.18. The molecule has 0 aliphatic heterocycles. The van der Waals surface area contributed by atoms with E-state index >= 15 is 0 Å². The third-order valence-electron chi connectivity index (χ3n) is 3.77. The summed E-state index contributed by atoms with van der Waals surface area (Å²) in [6.45, 7) is 3.95. The van der Waals surface area contributed by atoms with Gasteiger partial charge in [0.1, 0.15) is 5.82 Å². The first-order valence-electron chi connectivity index (χ1n) is 6.79. The maximum atomic E-state index is 13.7. The molecule has 1 unspecified atom stereocenters. The van der Waals surface area contributed by atoms with Crippen LogP contribution in [0.4, 0.5) is 4.39 Å². The van der Waals surface area contributed by atoms with E-state index < -0.39 is 5.54 Å². The van der Waals surface area contributed by atoms with Crippen molar-refractivity contribution in [3.8, 4) is 0 Å². The van der Waals surface area contributed by atoms with Crippen LogP contribution in [0.1, 0.15) is 38.7 Å². The van der Waals surface area contributed by atoms with Crippen LogP contribution in [0.25, 0.3) is 0 Å². The molecule has 1 aliphatic carbocycles. The number of carbonyl (C=O) groups excluding carboxylic acids is 1. The predicted molar refractivity (Wildman–Crippen MR) is 72.9 cm³/mol. The summed E-state index contributed by atoms with van der Waals surface area (Å²) in [6, 6.07) is 6.81. The van der Waals surface area contributed by atoms with Gasteiger partial charge in [0.15, 0.2) is 0 Å². The monoisotopic (exact) mass is 264 g/mol. The SMILES string of the molecule is CCC(C)(N)C(=O)N(Cc1ccccc1F)C1CC1. The van der Waals surface area contributed by atoms with Crippen LogP contribution in [0.2, 0.25) is 0 Å². The van der Waals surface area contributed by atoms with Crippen molar-refractivity contribution in [2.75, 3.05) is 0 Å². The van der Waals surface area contributed by atoms with Crippen LogP contribution in [0.5, 0.6) is 0 Å². The Morgan fingerprint density at radius 3 is 2.63 bits per heavy atom. The van der Waals surface area contributed by atoms with E-state index in [1.165, 1.54) is 6.07 Å². The minimum atomic E-state index is -0.867. The molecule has 4 heteroatoms. The highest BCUT2D eigenvalue weighted by atomic mass is 19.1. The summed E-state index contributed by atoms with van der Waals surface area (Å²) in [5.74, 6) is -0.350. The Labute approximate surface area is 113 Å². The van der Waals surface area contributed by atoms with Crippen molar-refractivity contribution in [2.24, 2.45) is 5.73 Å². The molecule has 1 atom stereocenters. The fourth-order valence-electron chi connectivity index (χ4n) is 2.04. The molecular formula is C15H21FN2O. The van der Waals surface area contributed by atoms with E-state index in [4.69, 9.17) is 5.73 Å². The zero-order chi connectivity index (χ0) is 14.0. The van der Waals surface area contributed by atoms with Crippen LogP contribution in [0.3, 0.4) is 0 Å². The van der Waals surface area contributed by atoms with Gasteiger partial charge in [0, 0.05) is 18.2 Å². The number of hydrogen-bond donors (Lipinski definition) is 1. The molecular weight excluding hydrogens is 243 g/mol. The lowest BCUT2D eigenvalue weighted by molar-refractivity contribution is -0.137. The van der Waals surface area contributed by atoms with E-state index in [9.17, 15) is 9.18 Å². The summed E-state index contributed by atoms with van der Waals surface area (Å²) in [6.07, 6.45) is 2.55. The van der Waals surface area contributed by atoms with Gasteiger partial charge in [-0.25, -0.2) is 4.39 Å². The maximum absolute atomic E-state index is 13.7. The van der Waals surface area contributed by atoms with E-state index in [1.807, 2.05) is 6.92 Å². The number of nitrogens with zero attached hydrogens (tertiary/aromatic N) is 1. The molecule has 0 bridgehead atoms. The van der Waals surface area contributed by atoms with Crippen LogP contribution in [0, 0.1) is 5.82 Å². The molecule has 2 N–H and O–H groups in total. The van der Waals surface area contributed by atoms with Gasteiger partial charge in [0.05, 0.1) is 5.54 Å². The second-order valence-electron chi connectivity index (χ2n) is 5.53. The van der Waals surface area contributed by atoms with Gasteiger partial charge >= 0.3 is 0 Å². The molecule has 1 fully saturated rings. The van der Waals surface area contributed by atoms with Crippen molar-refractivity contribution in [1.29, 1.82) is 0 Å². The molecule has 1 aliphatic rings. The van der Waals surface area contributed by atoms with E-state index in [1.54, 1.807) is 30.0 Å². The summed E-state index contributed by atoms with van der Waals surface area (Å²) >= 11 is 0. The quantitative estimate of drug-likeness (QED) is 0.888. The fourth-order valence-corrected chi connectivity index (χ4v) is 2.04.